The van der Waals surface area contributed by atoms with Gasteiger partial charge in [-0.25, -0.2) is 9.59 Å². The number of halogens is 3. The molecule has 1 atom stereocenters. The summed E-state index contributed by atoms with van der Waals surface area (Å²) < 4.78 is 36.0. The molecule has 1 rings (SSSR count). The third kappa shape index (κ3) is 5.69. The van der Waals surface area contributed by atoms with Crippen molar-refractivity contribution in [2.24, 2.45) is 0 Å². The standard InChI is InChI=1S/C12H13F3N2O4/c13-12(14,15)9(18)6-17-11(21)16-5-7-1-3-8(4-2-7)10(19)20/h1-4,9,18H,5-6H2,(H,19,20)(H2,16,17,21). The van der Waals surface area contributed by atoms with Crippen molar-refractivity contribution in [2.75, 3.05) is 6.54 Å². The third-order valence-corrected chi connectivity index (χ3v) is 2.49. The first-order chi connectivity index (χ1) is 9.70. The van der Waals surface area contributed by atoms with Crippen molar-refractivity contribution >= 4 is 12.0 Å². The van der Waals surface area contributed by atoms with Crippen molar-refractivity contribution in [3.05, 3.63) is 35.4 Å². The molecule has 0 aromatic heterocycles. The summed E-state index contributed by atoms with van der Waals surface area (Å²) in [5.74, 6) is -1.09. The number of aromatic carboxylic acids is 1. The third-order valence-electron chi connectivity index (χ3n) is 2.49. The molecule has 0 radical (unpaired) electrons. The van der Waals surface area contributed by atoms with Crippen molar-refractivity contribution in [3.63, 3.8) is 0 Å². The van der Waals surface area contributed by atoms with Crippen LogP contribution in [0.5, 0.6) is 0 Å². The Balaban J connectivity index is 2.38. The van der Waals surface area contributed by atoms with E-state index in [2.05, 4.69) is 5.32 Å². The van der Waals surface area contributed by atoms with Gasteiger partial charge in [0, 0.05) is 6.54 Å². The van der Waals surface area contributed by atoms with E-state index in [9.17, 15) is 22.8 Å². The molecule has 0 aliphatic rings. The van der Waals surface area contributed by atoms with Crippen LogP contribution in [-0.2, 0) is 6.54 Å². The summed E-state index contributed by atoms with van der Waals surface area (Å²) >= 11 is 0. The van der Waals surface area contributed by atoms with Gasteiger partial charge in [0.1, 0.15) is 0 Å². The van der Waals surface area contributed by atoms with E-state index in [0.29, 0.717) is 5.56 Å². The van der Waals surface area contributed by atoms with E-state index >= 15 is 0 Å². The number of amides is 2. The first-order valence-electron chi connectivity index (χ1n) is 5.79. The van der Waals surface area contributed by atoms with E-state index in [1.54, 1.807) is 0 Å². The minimum Gasteiger partial charge on any atom is -0.478 e. The average molecular weight is 306 g/mol. The lowest BCUT2D eigenvalue weighted by Gasteiger charge is -2.15. The molecule has 116 valence electrons. The summed E-state index contributed by atoms with van der Waals surface area (Å²) in [5.41, 5.74) is 0.656. The van der Waals surface area contributed by atoms with Crippen LogP contribution in [0.25, 0.3) is 0 Å². The van der Waals surface area contributed by atoms with Crippen molar-refractivity contribution in [1.29, 1.82) is 0 Å². The van der Waals surface area contributed by atoms with E-state index in [1.165, 1.54) is 24.3 Å². The molecule has 21 heavy (non-hydrogen) atoms. The van der Waals surface area contributed by atoms with Crippen molar-refractivity contribution in [2.45, 2.75) is 18.8 Å². The summed E-state index contributed by atoms with van der Waals surface area (Å²) in [6.45, 7) is -0.943. The number of benzene rings is 1. The minimum absolute atomic E-state index is 0.00778. The molecular formula is C12H13F3N2O4. The van der Waals surface area contributed by atoms with Crippen LogP contribution < -0.4 is 10.6 Å². The van der Waals surface area contributed by atoms with Crippen LogP contribution in [0.2, 0.25) is 0 Å². The summed E-state index contributed by atoms with van der Waals surface area (Å²) in [6, 6.07) is 4.73. The van der Waals surface area contributed by atoms with Crippen LogP contribution in [0.15, 0.2) is 24.3 Å². The van der Waals surface area contributed by atoms with E-state index in [4.69, 9.17) is 10.2 Å². The molecular weight excluding hydrogens is 293 g/mol. The molecule has 0 bridgehead atoms. The second-order valence-electron chi connectivity index (χ2n) is 4.12. The fraction of sp³-hybridized carbons (Fsp3) is 0.333. The number of carbonyl (C=O) groups excluding carboxylic acids is 1. The van der Waals surface area contributed by atoms with Crippen LogP contribution in [0, 0.1) is 0 Å². The van der Waals surface area contributed by atoms with Crippen molar-refractivity contribution < 1.29 is 33.0 Å². The van der Waals surface area contributed by atoms with Crippen LogP contribution in [0.4, 0.5) is 18.0 Å². The predicted molar refractivity (Wildman–Crippen MR) is 65.7 cm³/mol. The molecule has 2 amide bonds. The summed E-state index contributed by atoms with van der Waals surface area (Å²) in [5, 5.41) is 21.5. The van der Waals surface area contributed by atoms with Crippen molar-refractivity contribution in [3.8, 4) is 0 Å². The van der Waals surface area contributed by atoms with Gasteiger partial charge in [-0.2, -0.15) is 13.2 Å². The summed E-state index contributed by atoms with van der Waals surface area (Å²) in [6.07, 6.45) is -7.42. The smallest absolute Gasteiger partial charge is 0.416 e. The Morgan fingerprint density at radius 2 is 1.71 bits per heavy atom. The highest BCUT2D eigenvalue weighted by atomic mass is 19.4. The zero-order chi connectivity index (χ0) is 16.0. The Bertz CT molecular complexity index is 502. The Morgan fingerprint density at radius 3 is 2.19 bits per heavy atom. The molecule has 1 unspecified atom stereocenters. The maximum Gasteiger partial charge on any atom is 0.416 e. The number of hydrogen-bond donors (Lipinski definition) is 4. The maximum absolute atomic E-state index is 12.0. The number of aliphatic hydroxyl groups excluding tert-OH is 1. The second kappa shape index (κ2) is 6.93. The highest BCUT2D eigenvalue weighted by Gasteiger charge is 2.38. The fourth-order valence-electron chi connectivity index (χ4n) is 1.32. The molecule has 9 heteroatoms. The SMILES string of the molecule is O=C(NCc1ccc(C(=O)O)cc1)NCC(O)C(F)(F)F. The zero-order valence-electron chi connectivity index (χ0n) is 10.6. The van der Waals surface area contributed by atoms with Crippen LogP contribution in [0.1, 0.15) is 15.9 Å². The maximum atomic E-state index is 12.0. The second-order valence-corrected chi connectivity index (χ2v) is 4.12. The molecule has 0 saturated heterocycles. The lowest BCUT2D eigenvalue weighted by molar-refractivity contribution is -0.201. The molecule has 4 N–H and O–H groups in total. The van der Waals surface area contributed by atoms with Gasteiger partial charge in [0.2, 0.25) is 0 Å². The number of carboxylic acid groups (broad SMARTS) is 1. The van der Waals surface area contributed by atoms with Gasteiger partial charge in [0.25, 0.3) is 0 Å². The number of hydrogen-bond acceptors (Lipinski definition) is 3. The van der Waals surface area contributed by atoms with Gasteiger partial charge in [0.15, 0.2) is 6.10 Å². The molecule has 0 spiro atoms. The number of alkyl halides is 3. The van der Waals surface area contributed by atoms with Gasteiger partial charge in [-0.1, -0.05) is 12.1 Å². The lowest BCUT2D eigenvalue weighted by Crippen LogP contribution is -2.44. The number of carboxylic acids is 1. The number of rotatable bonds is 5. The molecule has 0 fully saturated rings. The molecule has 6 nitrogen and oxygen atoms in total. The van der Waals surface area contributed by atoms with E-state index in [-0.39, 0.29) is 12.1 Å². The Labute approximate surface area is 117 Å². The van der Waals surface area contributed by atoms with Crippen LogP contribution >= 0.6 is 0 Å². The van der Waals surface area contributed by atoms with Crippen molar-refractivity contribution in [1.82, 2.24) is 10.6 Å². The molecule has 1 aromatic carbocycles. The largest absolute Gasteiger partial charge is 0.478 e. The summed E-state index contributed by atoms with van der Waals surface area (Å²) in [7, 11) is 0. The normalized spacial score (nSPS) is 12.6. The molecule has 1 aromatic rings. The van der Waals surface area contributed by atoms with E-state index < -0.39 is 30.8 Å². The topological polar surface area (TPSA) is 98.7 Å². The Morgan fingerprint density at radius 1 is 1.14 bits per heavy atom. The number of urea groups is 1. The van der Waals surface area contributed by atoms with E-state index in [0.717, 1.165) is 0 Å². The quantitative estimate of drug-likeness (QED) is 0.655. The molecule has 0 aliphatic carbocycles. The van der Waals surface area contributed by atoms with Gasteiger partial charge in [-0.05, 0) is 17.7 Å². The Hall–Kier alpha value is -2.29. The van der Waals surface area contributed by atoms with Gasteiger partial charge in [-0.15, -0.1) is 0 Å². The van der Waals surface area contributed by atoms with Gasteiger partial charge in [-0.3, -0.25) is 0 Å². The minimum atomic E-state index is -4.79. The van der Waals surface area contributed by atoms with E-state index in [1.807, 2.05) is 5.32 Å². The highest BCUT2D eigenvalue weighted by molar-refractivity contribution is 5.87. The predicted octanol–water partition coefficient (Wildman–Crippen LogP) is 1.11. The van der Waals surface area contributed by atoms with Crippen LogP contribution in [-0.4, -0.2) is 41.0 Å². The number of carbonyl (C=O) groups is 2. The molecule has 0 heterocycles. The first kappa shape index (κ1) is 16.8. The Kier molecular flexibility index (Phi) is 5.53. The lowest BCUT2D eigenvalue weighted by atomic mass is 10.1. The fourth-order valence-corrected chi connectivity index (χ4v) is 1.32. The zero-order valence-corrected chi connectivity index (χ0v) is 10.6. The van der Waals surface area contributed by atoms with Crippen LogP contribution in [0.3, 0.4) is 0 Å². The van der Waals surface area contributed by atoms with Gasteiger partial charge >= 0.3 is 18.2 Å². The van der Waals surface area contributed by atoms with Gasteiger partial charge < -0.3 is 20.8 Å². The number of aliphatic hydroxyl groups is 1. The number of nitrogens with one attached hydrogen (secondary N) is 2. The van der Waals surface area contributed by atoms with Gasteiger partial charge in [0.05, 0.1) is 12.1 Å². The molecule has 0 aliphatic heterocycles. The monoisotopic (exact) mass is 306 g/mol. The summed E-state index contributed by atoms with van der Waals surface area (Å²) in [4.78, 5) is 21.8. The highest BCUT2D eigenvalue weighted by Crippen LogP contribution is 2.19. The first-order valence-corrected chi connectivity index (χ1v) is 5.79. The average Bonchev–Trinajstić information content (AvgIpc) is 2.41. The molecule has 0 saturated carbocycles.